The predicted molar refractivity (Wildman–Crippen MR) is 113 cm³/mol. The van der Waals surface area contributed by atoms with Gasteiger partial charge in [-0.25, -0.2) is 4.39 Å². The van der Waals surface area contributed by atoms with Gasteiger partial charge in [-0.1, -0.05) is 30.3 Å². The number of hydrogen-bond donors (Lipinski definition) is 1. The molecular weight excluding hydrogens is 369 g/mol. The standard InChI is InChI=1S/C23H28FN3O2/c1-29-14-6-11-25-23(28)18-15-17-7-2-4-9-20(17)27-13-12-26(16-22(18)27)21-10-5-3-8-19(21)24/h2-5,7-10,18,22H,6,11-16H2,1H3,(H,25,28)/t18-,22-/m1/s1. The number of carbonyl (C=O) groups is 1. The number of piperazine rings is 1. The van der Waals surface area contributed by atoms with Gasteiger partial charge in [0.1, 0.15) is 5.82 Å². The van der Waals surface area contributed by atoms with Gasteiger partial charge in [0.2, 0.25) is 5.91 Å². The Morgan fingerprint density at radius 2 is 1.90 bits per heavy atom. The van der Waals surface area contributed by atoms with E-state index in [-0.39, 0.29) is 23.7 Å². The van der Waals surface area contributed by atoms with E-state index in [4.69, 9.17) is 4.74 Å². The number of benzene rings is 2. The molecule has 5 nitrogen and oxygen atoms in total. The van der Waals surface area contributed by atoms with Crippen molar-refractivity contribution in [3.8, 4) is 0 Å². The molecule has 1 N–H and O–H groups in total. The Morgan fingerprint density at radius 3 is 2.69 bits per heavy atom. The molecule has 29 heavy (non-hydrogen) atoms. The largest absolute Gasteiger partial charge is 0.385 e. The van der Waals surface area contributed by atoms with E-state index in [9.17, 15) is 9.18 Å². The fourth-order valence-electron chi connectivity index (χ4n) is 4.54. The maximum Gasteiger partial charge on any atom is 0.225 e. The van der Waals surface area contributed by atoms with Crippen LogP contribution in [0, 0.1) is 11.7 Å². The summed E-state index contributed by atoms with van der Waals surface area (Å²) in [4.78, 5) is 17.5. The maximum absolute atomic E-state index is 14.4. The number of hydrogen-bond acceptors (Lipinski definition) is 4. The summed E-state index contributed by atoms with van der Waals surface area (Å²) in [5.74, 6) is -0.305. The van der Waals surface area contributed by atoms with Gasteiger partial charge in [0.25, 0.3) is 0 Å². The summed E-state index contributed by atoms with van der Waals surface area (Å²) in [7, 11) is 1.66. The zero-order valence-corrected chi connectivity index (χ0v) is 16.8. The van der Waals surface area contributed by atoms with Crippen LogP contribution in [0.25, 0.3) is 0 Å². The molecule has 0 radical (unpaired) electrons. The average Bonchev–Trinajstić information content (AvgIpc) is 2.76. The van der Waals surface area contributed by atoms with Gasteiger partial charge >= 0.3 is 0 Å². The minimum absolute atomic E-state index is 0.0145. The monoisotopic (exact) mass is 397 g/mol. The molecule has 0 bridgehead atoms. The molecule has 1 fully saturated rings. The van der Waals surface area contributed by atoms with Crippen LogP contribution in [-0.4, -0.2) is 51.8 Å². The number of fused-ring (bicyclic) bond motifs is 3. The first kappa shape index (κ1) is 19.7. The van der Waals surface area contributed by atoms with Crippen molar-refractivity contribution in [2.45, 2.75) is 18.9 Å². The van der Waals surface area contributed by atoms with Crippen molar-refractivity contribution in [2.24, 2.45) is 5.92 Å². The van der Waals surface area contributed by atoms with Crippen molar-refractivity contribution in [2.75, 3.05) is 49.7 Å². The summed E-state index contributed by atoms with van der Waals surface area (Å²) in [5.41, 5.74) is 3.03. The van der Waals surface area contributed by atoms with Gasteiger partial charge in [-0.2, -0.15) is 0 Å². The fraction of sp³-hybridized carbons (Fsp3) is 0.435. The predicted octanol–water partition coefficient (Wildman–Crippen LogP) is 2.85. The molecule has 2 aromatic carbocycles. The first-order valence-corrected chi connectivity index (χ1v) is 10.3. The van der Waals surface area contributed by atoms with Crippen molar-refractivity contribution in [1.29, 1.82) is 0 Å². The summed E-state index contributed by atoms with van der Waals surface area (Å²) in [6.45, 7) is 3.36. The average molecular weight is 397 g/mol. The highest BCUT2D eigenvalue weighted by molar-refractivity contribution is 5.82. The van der Waals surface area contributed by atoms with Crippen molar-refractivity contribution in [3.63, 3.8) is 0 Å². The Bertz CT molecular complexity index is 860. The van der Waals surface area contributed by atoms with Gasteiger partial charge in [-0.3, -0.25) is 4.79 Å². The van der Waals surface area contributed by atoms with Gasteiger partial charge < -0.3 is 19.9 Å². The summed E-state index contributed by atoms with van der Waals surface area (Å²) in [6, 6.07) is 15.2. The lowest BCUT2D eigenvalue weighted by molar-refractivity contribution is -0.125. The van der Waals surface area contributed by atoms with E-state index < -0.39 is 0 Å². The number of amides is 1. The molecule has 2 heterocycles. The Balaban J connectivity index is 1.57. The van der Waals surface area contributed by atoms with Crippen LogP contribution in [0.1, 0.15) is 12.0 Å². The van der Waals surface area contributed by atoms with Gasteiger partial charge in [0.05, 0.1) is 17.6 Å². The fourth-order valence-corrected chi connectivity index (χ4v) is 4.54. The Labute approximate surface area is 171 Å². The molecule has 4 rings (SSSR count). The van der Waals surface area contributed by atoms with E-state index in [2.05, 4.69) is 27.2 Å². The first-order chi connectivity index (χ1) is 14.2. The molecule has 2 aromatic rings. The molecule has 0 aromatic heterocycles. The number of rotatable bonds is 6. The normalized spacial score (nSPS) is 20.8. The summed E-state index contributed by atoms with van der Waals surface area (Å²) in [5, 5.41) is 3.08. The Kier molecular flexibility index (Phi) is 6.00. The van der Waals surface area contributed by atoms with E-state index in [1.807, 2.05) is 24.3 Å². The molecule has 2 atom stereocenters. The quantitative estimate of drug-likeness (QED) is 0.762. The number of ether oxygens (including phenoxy) is 1. The molecule has 6 heteroatoms. The third-order valence-corrected chi connectivity index (χ3v) is 5.98. The molecule has 154 valence electrons. The van der Waals surface area contributed by atoms with Crippen LogP contribution < -0.4 is 15.1 Å². The second-order valence-corrected chi connectivity index (χ2v) is 7.73. The topological polar surface area (TPSA) is 44.8 Å². The van der Waals surface area contributed by atoms with E-state index in [0.29, 0.717) is 31.8 Å². The number of anilines is 2. The zero-order chi connectivity index (χ0) is 20.2. The zero-order valence-electron chi connectivity index (χ0n) is 16.8. The third kappa shape index (κ3) is 4.08. The molecule has 0 aliphatic carbocycles. The lowest BCUT2D eigenvalue weighted by Gasteiger charge is -2.49. The van der Waals surface area contributed by atoms with Crippen LogP contribution in [0.4, 0.5) is 15.8 Å². The van der Waals surface area contributed by atoms with Crippen LogP contribution >= 0.6 is 0 Å². The molecule has 1 saturated heterocycles. The van der Waals surface area contributed by atoms with Crippen LogP contribution in [-0.2, 0) is 16.0 Å². The van der Waals surface area contributed by atoms with Gasteiger partial charge in [0.15, 0.2) is 0 Å². The molecule has 2 aliphatic heterocycles. The minimum atomic E-state index is -0.210. The van der Waals surface area contributed by atoms with E-state index in [0.717, 1.165) is 19.5 Å². The highest BCUT2D eigenvalue weighted by atomic mass is 19.1. The molecule has 0 saturated carbocycles. The number of halogens is 1. The molecular formula is C23H28FN3O2. The summed E-state index contributed by atoms with van der Waals surface area (Å²) in [6.07, 6.45) is 1.50. The van der Waals surface area contributed by atoms with Gasteiger partial charge in [-0.05, 0) is 36.6 Å². The molecule has 1 amide bonds. The van der Waals surface area contributed by atoms with Crippen molar-refractivity contribution in [3.05, 3.63) is 59.9 Å². The van der Waals surface area contributed by atoms with E-state index in [1.54, 1.807) is 13.2 Å². The van der Waals surface area contributed by atoms with E-state index >= 15 is 0 Å². The number of nitrogens with one attached hydrogen (secondary N) is 1. The maximum atomic E-state index is 14.4. The molecule has 2 aliphatic rings. The second kappa shape index (κ2) is 8.82. The van der Waals surface area contributed by atoms with Crippen LogP contribution in [0.15, 0.2) is 48.5 Å². The number of nitrogens with zero attached hydrogens (tertiary/aromatic N) is 2. The lowest BCUT2D eigenvalue weighted by Crippen LogP contribution is -2.61. The SMILES string of the molecule is COCCCNC(=O)[C@@H]1Cc2ccccc2N2CCN(c3ccccc3F)C[C@H]12. The summed E-state index contributed by atoms with van der Waals surface area (Å²) < 4.78 is 19.5. The van der Waals surface area contributed by atoms with E-state index in [1.165, 1.54) is 17.3 Å². The van der Waals surface area contributed by atoms with Crippen LogP contribution in [0.3, 0.4) is 0 Å². The Morgan fingerprint density at radius 1 is 1.14 bits per heavy atom. The third-order valence-electron chi connectivity index (χ3n) is 5.98. The van der Waals surface area contributed by atoms with Crippen molar-refractivity contribution in [1.82, 2.24) is 5.32 Å². The first-order valence-electron chi connectivity index (χ1n) is 10.3. The highest BCUT2D eigenvalue weighted by Crippen LogP contribution is 2.37. The van der Waals surface area contributed by atoms with Gasteiger partial charge in [-0.15, -0.1) is 0 Å². The molecule has 0 spiro atoms. The van der Waals surface area contributed by atoms with Crippen molar-refractivity contribution >= 4 is 17.3 Å². The van der Waals surface area contributed by atoms with Gasteiger partial charge in [0, 0.05) is 45.6 Å². The minimum Gasteiger partial charge on any atom is -0.385 e. The Hall–Kier alpha value is -2.60. The van der Waals surface area contributed by atoms with Crippen LogP contribution in [0.2, 0.25) is 0 Å². The van der Waals surface area contributed by atoms with Crippen LogP contribution in [0.5, 0.6) is 0 Å². The van der Waals surface area contributed by atoms with Crippen molar-refractivity contribution < 1.29 is 13.9 Å². The number of carbonyl (C=O) groups excluding carboxylic acids is 1. The second-order valence-electron chi connectivity index (χ2n) is 7.73. The highest BCUT2D eigenvalue weighted by Gasteiger charge is 2.41. The lowest BCUT2D eigenvalue weighted by atomic mass is 9.83. The number of para-hydroxylation sites is 2. The number of methoxy groups -OCH3 is 1. The molecule has 0 unspecified atom stereocenters. The summed E-state index contributed by atoms with van der Waals surface area (Å²) >= 11 is 0. The smallest absolute Gasteiger partial charge is 0.225 e.